The Morgan fingerprint density at radius 1 is 1.10 bits per heavy atom. The van der Waals surface area contributed by atoms with E-state index >= 15 is 0 Å². The van der Waals surface area contributed by atoms with Gasteiger partial charge in [0.25, 0.3) is 0 Å². The fourth-order valence-corrected chi connectivity index (χ4v) is 2.83. The van der Waals surface area contributed by atoms with E-state index in [-0.39, 0.29) is 0 Å². The third-order valence-electron chi connectivity index (χ3n) is 4.65. The molecule has 116 valence electrons. The Balaban J connectivity index is 1.34. The predicted molar refractivity (Wildman–Crippen MR) is 86.6 cm³/mol. The zero-order valence-electron chi connectivity index (χ0n) is 13.2. The Labute approximate surface area is 128 Å². The molecule has 0 bridgehead atoms. The minimum atomic E-state index is 0.771. The summed E-state index contributed by atoms with van der Waals surface area (Å²) in [6.07, 6.45) is 5.36. The lowest BCUT2D eigenvalue weighted by Crippen LogP contribution is -2.35. The van der Waals surface area contributed by atoms with Gasteiger partial charge in [0.15, 0.2) is 0 Å². The molecule has 1 saturated carbocycles. The van der Waals surface area contributed by atoms with E-state index in [0.29, 0.717) is 0 Å². The van der Waals surface area contributed by atoms with Crippen LogP contribution in [0.4, 0.5) is 0 Å². The zero-order valence-corrected chi connectivity index (χ0v) is 13.2. The van der Waals surface area contributed by atoms with Gasteiger partial charge >= 0.3 is 0 Å². The molecule has 0 spiro atoms. The molecule has 2 fully saturated rings. The Morgan fingerprint density at radius 2 is 1.81 bits per heavy atom. The van der Waals surface area contributed by atoms with Gasteiger partial charge in [-0.1, -0.05) is 19.1 Å². The van der Waals surface area contributed by atoms with Crippen molar-refractivity contribution in [3.63, 3.8) is 0 Å². The molecule has 0 unspecified atom stereocenters. The van der Waals surface area contributed by atoms with Gasteiger partial charge in [0.2, 0.25) is 0 Å². The molecule has 1 N–H and O–H groups in total. The molecule has 2 aliphatic rings. The molecule has 1 heterocycles. The van der Waals surface area contributed by atoms with Gasteiger partial charge in [-0.05, 0) is 62.4 Å². The fourth-order valence-electron chi connectivity index (χ4n) is 2.83. The molecular weight excluding hydrogens is 260 g/mol. The van der Waals surface area contributed by atoms with Crippen molar-refractivity contribution in [2.75, 3.05) is 26.2 Å². The van der Waals surface area contributed by atoms with Gasteiger partial charge in [0.05, 0.1) is 0 Å². The van der Waals surface area contributed by atoms with E-state index < -0.39 is 0 Å². The van der Waals surface area contributed by atoms with E-state index in [1.54, 1.807) is 0 Å². The van der Waals surface area contributed by atoms with Gasteiger partial charge in [0, 0.05) is 19.1 Å². The number of rotatable bonds is 7. The van der Waals surface area contributed by atoms with Crippen molar-refractivity contribution >= 4 is 0 Å². The first-order chi connectivity index (χ1) is 10.3. The van der Waals surface area contributed by atoms with Crippen LogP contribution in [-0.4, -0.2) is 37.2 Å². The van der Waals surface area contributed by atoms with E-state index in [2.05, 4.69) is 41.4 Å². The number of hydrogen-bond acceptors (Lipinski definition) is 3. The van der Waals surface area contributed by atoms with Crippen LogP contribution in [0.5, 0.6) is 5.75 Å². The summed E-state index contributed by atoms with van der Waals surface area (Å²) in [5.74, 6) is 1.90. The highest BCUT2D eigenvalue weighted by molar-refractivity contribution is 5.27. The second-order valence-corrected chi connectivity index (χ2v) is 6.67. The second kappa shape index (κ2) is 7.28. The number of ether oxygens (including phenoxy) is 1. The first kappa shape index (κ1) is 14.9. The molecule has 1 aromatic rings. The van der Waals surface area contributed by atoms with Gasteiger partial charge in [-0.15, -0.1) is 0 Å². The quantitative estimate of drug-likeness (QED) is 0.834. The maximum atomic E-state index is 5.87. The van der Waals surface area contributed by atoms with E-state index in [1.807, 2.05) is 0 Å². The van der Waals surface area contributed by atoms with Gasteiger partial charge in [-0.3, -0.25) is 4.90 Å². The van der Waals surface area contributed by atoms with Gasteiger partial charge in [0.1, 0.15) is 12.4 Å². The smallest absolute Gasteiger partial charge is 0.119 e. The summed E-state index contributed by atoms with van der Waals surface area (Å²) in [4.78, 5) is 2.52. The Kier molecular flexibility index (Phi) is 5.15. The molecule has 0 radical (unpaired) electrons. The molecule has 3 rings (SSSR count). The highest BCUT2D eigenvalue weighted by Crippen LogP contribution is 2.20. The van der Waals surface area contributed by atoms with Crippen LogP contribution >= 0.6 is 0 Å². The average Bonchev–Trinajstić information content (AvgIpc) is 3.33. The van der Waals surface area contributed by atoms with Gasteiger partial charge < -0.3 is 10.1 Å². The van der Waals surface area contributed by atoms with Crippen LogP contribution in [0.25, 0.3) is 0 Å². The fraction of sp³-hybridized carbons (Fsp3) is 0.667. The zero-order chi connectivity index (χ0) is 14.5. The topological polar surface area (TPSA) is 24.5 Å². The first-order valence-corrected chi connectivity index (χ1v) is 8.47. The standard InChI is InChI=1S/C18H28N2O/c1-15-8-10-20(11-9-15)12-13-21-18-6-2-16(3-7-18)14-19-17-4-5-17/h2-3,6-7,15,17,19H,4-5,8-14H2,1H3. The molecule has 1 aliphatic carbocycles. The highest BCUT2D eigenvalue weighted by Gasteiger charge is 2.19. The van der Waals surface area contributed by atoms with Crippen molar-refractivity contribution in [3.8, 4) is 5.75 Å². The number of benzene rings is 1. The maximum absolute atomic E-state index is 5.87. The Bertz CT molecular complexity index is 419. The molecule has 1 saturated heterocycles. The monoisotopic (exact) mass is 288 g/mol. The van der Waals surface area contributed by atoms with Gasteiger partial charge in [-0.25, -0.2) is 0 Å². The minimum Gasteiger partial charge on any atom is -0.492 e. The number of hydrogen-bond donors (Lipinski definition) is 1. The van der Waals surface area contributed by atoms with Crippen LogP contribution < -0.4 is 10.1 Å². The third kappa shape index (κ3) is 5.01. The minimum absolute atomic E-state index is 0.771. The predicted octanol–water partition coefficient (Wildman–Crippen LogP) is 3.05. The number of nitrogens with zero attached hydrogens (tertiary/aromatic N) is 1. The largest absolute Gasteiger partial charge is 0.492 e. The molecule has 1 aromatic carbocycles. The summed E-state index contributed by atoms with van der Waals surface area (Å²) in [5, 5.41) is 3.53. The molecule has 0 atom stereocenters. The lowest BCUT2D eigenvalue weighted by atomic mass is 9.99. The van der Waals surface area contributed by atoms with E-state index in [4.69, 9.17) is 4.74 Å². The maximum Gasteiger partial charge on any atom is 0.119 e. The van der Waals surface area contributed by atoms with E-state index in [1.165, 1.54) is 44.3 Å². The molecule has 0 aromatic heterocycles. The van der Waals surface area contributed by atoms with Crippen molar-refractivity contribution < 1.29 is 4.74 Å². The summed E-state index contributed by atoms with van der Waals surface area (Å²) in [5.41, 5.74) is 1.35. The summed E-state index contributed by atoms with van der Waals surface area (Å²) < 4.78 is 5.87. The molecule has 1 aliphatic heterocycles. The Hall–Kier alpha value is -1.06. The van der Waals surface area contributed by atoms with E-state index in [0.717, 1.165) is 37.4 Å². The number of piperidine rings is 1. The van der Waals surface area contributed by atoms with Crippen molar-refractivity contribution in [1.29, 1.82) is 0 Å². The van der Waals surface area contributed by atoms with Crippen LogP contribution in [-0.2, 0) is 6.54 Å². The average molecular weight is 288 g/mol. The van der Waals surface area contributed by atoms with Crippen molar-refractivity contribution in [1.82, 2.24) is 10.2 Å². The van der Waals surface area contributed by atoms with Crippen LogP contribution in [0.2, 0.25) is 0 Å². The first-order valence-electron chi connectivity index (χ1n) is 8.47. The SMILES string of the molecule is CC1CCN(CCOc2ccc(CNC3CC3)cc2)CC1. The third-order valence-corrected chi connectivity index (χ3v) is 4.65. The van der Waals surface area contributed by atoms with E-state index in [9.17, 15) is 0 Å². The molecule has 0 amide bonds. The van der Waals surface area contributed by atoms with Crippen molar-refractivity contribution in [2.45, 2.75) is 45.2 Å². The van der Waals surface area contributed by atoms with Crippen molar-refractivity contribution in [3.05, 3.63) is 29.8 Å². The normalized spacial score (nSPS) is 20.6. The number of likely N-dealkylation sites (tertiary alicyclic amines) is 1. The summed E-state index contributed by atoms with van der Waals surface area (Å²) in [6.45, 7) is 7.66. The second-order valence-electron chi connectivity index (χ2n) is 6.67. The molecule has 3 heteroatoms. The number of nitrogens with one attached hydrogen (secondary N) is 1. The van der Waals surface area contributed by atoms with Crippen LogP contribution in [0.3, 0.4) is 0 Å². The van der Waals surface area contributed by atoms with Crippen LogP contribution in [0.15, 0.2) is 24.3 Å². The summed E-state index contributed by atoms with van der Waals surface area (Å²) >= 11 is 0. The lowest BCUT2D eigenvalue weighted by molar-refractivity contribution is 0.160. The molecule has 3 nitrogen and oxygen atoms in total. The molecular formula is C18H28N2O. The van der Waals surface area contributed by atoms with Crippen LogP contribution in [0, 0.1) is 5.92 Å². The summed E-state index contributed by atoms with van der Waals surface area (Å²) in [7, 11) is 0. The Morgan fingerprint density at radius 3 is 2.48 bits per heavy atom. The molecule has 21 heavy (non-hydrogen) atoms. The highest BCUT2D eigenvalue weighted by atomic mass is 16.5. The summed E-state index contributed by atoms with van der Waals surface area (Å²) in [6, 6.07) is 9.32. The lowest BCUT2D eigenvalue weighted by Gasteiger charge is -2.29. The van der Waals surface area contributed by atoms with Crippen molar-refractivity contribution in [2.24, 2.45) is 5.92 Å². The van der Waals surface area contributed by atoms with Gasteiger partial charge in [-0.2, -0.15) is 0 Å². The van der Waals surface area contributed by atoms with Crippen LogP contribution in [0.1, 0.15) is 38.2 Å².